The van der Waals surface area contributed by atoms with Crippen LogP contribution in [-0.4, -0.2) is 56.5 Å². The van der Waals surface area contributed by atoms with E-state index in [-0.39, 0.29) is 6.10 Å². The normalized spacial score (nSPS) is 15.7. The summed E-state index contributed by atoms with van der Waals surface area (Å²) in [6.45, 7) is 9.19. The molecule has 0 amide bonds. The fraction of sp³-hybridized carbons (Fsp3) is 0.435. The summed E-state index contributed by atoms with van der Waals surface area (Å²) >= 11 is 0. The smallest absolute Gasteiger partial charge is 0.142 e. The minimum atomic E-state index is 0.180. The zero-order chi connectivity index (χ0) is 19.8. The molecule has 0 saturated carbocycles. The third-order valence-corrected chi connectivity index (χ3v) is 4.91. The van der Waals surface area contributed by atoms with E-state index in [2.05, 4.69) is 59.1 Å². The zero-order valence-electron chi connectivity index (χ0n) is 17.2. The van der Waals surface area contributed by atoms with Crippen LogP contribution in [0.5, 0.6) is 5.75 Å². The van der Waals surface area contributed by atoms with Crippen LogP contribution in [0.4, 0.5) is 5.69 Å². The van der Waals surface area contributed by atoms with Crippen molar-refractivity contribution in [2.75, 3.05) is 44.7 Å². The third-order valence-electron chi connectivity index (χ3n) is 4.91. The van der Waals surface area contributed by atoms with Crippen LogP contribution in [0.1, 0.15) is 25.8 Å². The summed E-state index contributed by atoms with van der Waals surface area (Å²) in [6.07, 6.45) is 1.06. The Labute approximate surface area is 168 Å². The minimum absolute atomic E-state index is 0.180. The largest absolute Gasteiger partial charge is 0.489 e. The van der Waals surface area contributed by atoms with E-state index < -0.39 is 0 Å². The van der Waals surface area contributed by atoms with Gasteiger partial charge in [-0.1, -0.05) is 47.6 Å². The maximum atomic E-state index is 6.00. The fourth-order valence-corrected chi connectivity index (χ4v) is 3.53. The van der Waals surface area contributed by atoms with Gasteiger partial charge in [0.1, 0.15) is 12.9 Å². The van der Waals surface area contributed by atoms with E-state index in [4.69, 9.17) is 9.57 Å². The van der Waals surface area contributed by atoms with E-state index in [1.165, 1.54) is 5.69 Å². The molecule has 0 bridgehead atoms. The van der Waals surface area contributed by atoms with Gasteiger partial charge in [0.05, 0.1) is 17.5 Å². The summed E-state index contributed by atoms with van der Waals surface area (Å²) in [4.78, 5) is 9.99. The van der Waals surface area contributed by atoms with Crippen LogP contribution in [0.2, 0.25) is 0 Å². The lowest BCUT2D eigenvalue weighted by Gasteiger charge is -2.37. The number of nitrogens with zero attached hydrogens (tertiary/aromatic N) is 3. The average molecular weight is 382 g/mol. The highest BCUT2D eigenvalue weighted by Crippen LogP contribution is 2.29. The number of para-hydroxylation sites is 2. The lowest BCUT2D eigenvalue weighted by molar-refractivity contribution is 0.211. The van der Waals surface area contributed by atoms with Crippen molar-refractivity contribution in [1.82, 2.24) is 4.90 Å². The number of rotatable bonds is 8. The number of oxime groups is 1. The van der Waals surface area contributed by atoms with E-state index >= 15 is 0 Å². The van der Waals surface area contributed by atoms with Crippen molar-refractivity contribution in [3.05, 3.63) is 60.2 Å². The molecule has 0 unspecified atom stereocenters. The Morgan fingerprint density at radius 3 is 2.32 bits per heavy atom. The van der Waals surface area contributed by atoms with Crippen LogP contribution in [0.25, 0.3) is 0 Å². The van der Waals surface area contributed by atoms with Gasteiger partial charge in [-0.05, 0) is 31.5 Å². The Balaban J connectivity index is 1.55. The first-order valence-corrected chi connectivity index (χ1v) is 10.1. The molecule has 0 spiro atoms. The lowest BCUT2D eigenvalue weighted by atomic mass is 10.1. The average Bonchev–Trinajstić information content (AvgIpc) is 2.72. The van der Waals surface area contributed by atoms with E-state index in [0.717, 1.165) is 56.2 Å². The molecule has 28 heavy (non-hydrogen) atoms. The summed E-state index contributed by atoms with van der Waals surface area (Å²) in [5.41, 5.74) is 3.32. The van der Waals surface area contributed by atoms with Crippen molar-refractivity contribution in [3.63, 3.8) is 0 Å². The van der Waals surface area contributed by atoms with Gasteiger partial charge in [-0.15, -0.1) is 0 Å². The van der Waals surface area contributed by atoms with Crippen molar-refractivity contribution in [2.45, 2.75) is 26.4 Å². The summed E-state index contributed by atoms with van der Waals surface area (Å²) in [5.74, 6) is 0.976. The Bertz CT molecular complexity index is 753. The highest BCUT2D eigenvalue weighted by Gasteiger charge is 2.20. The molecule has 1 saturated heterocycles. The minimum Gasteiger partial charge on any atom is -0.489 e. The van der Waals surface area contributed by atoms with Gasteiger partial charge in [0, 0.05) is 39.1 Å². The molecule has 150 valence electrons. The molecule has 1 fully saturated rings. The van der Waals surface area contributed by atoms with Gasteiger partial charge in [0.15, 0.2) is 0 Å². The van der Waals surface area contributed by atoms with Crippen LogP contribution in [0, 0.1) is 0 Å². The van der Waals surface area contributed by atoms with Crippen LogP contribution < -0.4 is 9.64 Å². The molecule has 1 heterocycles. The molecule has 0 atom stereocenters. The third kappa shape index (κ3) is 5.49. The van der Waals surface area contributed by atoms with Crippen LogP contribution in [0.3, 0.4) is 0 Å². The number of hydrogen-bond donors (Lipinski definition) is 0. The second-order valence-corrected chi connectivity index (χ2v) is 7.30. The number of piperazine rings is 1. The van der Waals surface area contributed by atoms with E-state index in [1.807, 2.05) is 24.3 Å². The van der Waals surface area contributed by atoms with Crippen LogP contribution in [0.15, 0.2) is 59.8 Å². The molecule has 5 nitrogen and oxygen atoms in total. The lowest BCUT2D eigenvalue weighted by Crippen LogP contribution is -2.47. The molecular formula is C23H31N3O2. The molecule has 1 aliphatic rings. The van der Waals surface area contributed by atoms with Gasteiger partial charge in [-0.25, -0.2) is 0 Å². The maximum absolute atomic E-state index is 6.00. The summed E-state index contributed by atoms with van der Waals surface area (Å²) in [6, 6.07) is 18.6. The summed E-state index contributed by atoms with van der Waals surface area (Å²) in [5, 5.41) is 4.24. The van der Waals surface area contributed by atoms with E-state index in [9.17, 15) is 0 Å². The van der Waals surface area contributed by atoms with Gasteiger partial charge >= 0.3 is 0 Å². The second-order valence-electron chi connectivity index (χ2n) is 7.30. The van der Waals surface area contributed by atoms with Gasteiger partial charge < -0.3 is 14.5 Å². The molecule has 0 aromatic heterocycles. The summed E-state index contributed by atoms with van der Waals surface area (Å²) in [7, 11) is 1.61. The van der Waals surface area contributed by atoms with E-state index in [1.54, 1.807) is 7.11 Å². The van der Waals surface area contributed by atoms with Gasteiger partial charge in [-0.3, -0.25) is 4.90 Å². The standard InChI is InChI=1S/C23H31N3O2/c1-19(2)28-23-12-8-7-11-22(23)26-17-15-25(16-18-26)14-13-21(24-27-3)20-9-5-4-6-10-20/h4-12,19H,13-18H2,1-3H3/b24-21-. The highest BCUT2D eigenvalue weighted by molar-refractivity contribution is 6.00. The van der Waals surface area contributed by atoms with Crippen LogP contribution in [-0.2, 0) is 4.84 Å². The topological polar surface area (TPSA) is 37.3 Å². The molecule has 0 aliphatic carbocycles. The first kappa shape index (κ1) is 20.2. The van der Waals surface area contributed by atoms with Gasteiger partial charge in [0.2, 0.25) is 0 Å². The molecule has 5 heteroatoms. The quantitative estimate of drug-likeness (QED) is 0.511. The molecular weight excluding hydrogens is 350 g/mol. The number of hydrogen-bond acceptors (Lipinski definition) is 5. The molecule has 2 aromatic carbocycles. The van der Waals surface area contributed by atoms with E-state index in [0.29, 0.717) is 0 Å². The van der Waals surface area contributed by atoms with Crippen LogP contribution >= 0.6 is 0 Å². The van der Waals surface area contributed by atoms with Crippen molar-refractivity contribution in [3.8, 4) is 5.75 Å². The zero-order valence-corrected chi connectivity index (χ0v) is 17.2. The SMILES string of the molecule is CO/N=C(/CCN1CCN(c2ccccc2OC(C)C)CC1)c1ccccc1. The Hall–Kier alpha value is -2.53. The van der Waals surface area contributed by atoms with Gasteiger partial charge in [0.25, 0.3) is 0 Å². The predicted octanol–water partition coefficient (Wildman–Crippen LogP) is 4.04. The predicted molar refractivity (Wildman–Crippen MR) is 115 cm³/mol. The Morgan fingerprint density at radius 1 is 0.964 bits per heavy atom. The number of anilines is 1. The van der Waals surface area contributed by atoms with Crippen molar-refractivity contribution in [2.24, 2.45) is 5.16 Å². The van der Waals surface area contributed by atoms with Gasteiger partial charge in [-0.2, -0.15) is 0 Å². The first-order valence-electron chi connectivity index (χ1n) is 10.1. The first-order chi connectivity index (χ1) is 13.7. The fourth-order valence-electron chi connectivity index (χ4n) is 3.53. The Kier molecular flexibility index (Phi) is 7.31. The monoisotopic (exact) mass is 381 g/mol. The number of ether oxygens (including phenoxy) is 1. The molecule has 0 N–H and O–H groups in total. The van der Waals surface area contributed by atoms with Crippen molar-refractivity contribution >= 4 is 11.4 Å². The van der Waals surface area contributed by atoms with Crippen molar-refractivity contribution < 1.29 is 9.57 Å². The summed E-state index contributed by atoms with van der Waals surface area (Å²) < 4.78 is 6.00. The molecule has 2 aromatic rings. The second kappa shape index (κ2) is 10.1. The molecule has 1 aliphatic heterocycles. The maximum Gasteiger partial charge on any atom is 0.142 e. The molecule has 0 radical (unpaired) electrons. The van der Waals surface area contributed by atoms with Crippen molar-refractivity contribution in [1.29, 1.82) is 0 Å². The highest BCUT2D eigenvalue weighted by atomic mass is 16.6. The Morgan fingerprint density at radius 2 is 1.64 bits per heavy atom. The number of benzene rings is 2. The molecule has 3 rings (SSSR count).